The van der Waals surface area contributed by atoms with Crippen molar-refractivity contribution >= 4 is 27.6 Å². The molecule has 3 aliphatic heterocycles. The molecular weight excluding hydrogens is 531 g/mol. The van der Waals surface area contributed by atoms with Crippen molar-refractivity contribution in [3.8, 4) is 22.9 Å². The zero-order valence-corrected chi connectivity index (χ0v) is 24.0. The van der Waals surface area contributed by atoms with E-state index in [1.807, 2.05) is 24.4 Å². The van der Waals surface area contributed by atoms with Crippen molar-refractivity contribution in [3.63, 3.8) is 0 Å². The summed E-state index contributed by atoms with van der Waals surface area (Å²) >= 11 is 0. The van der Waals surface area contributed by atoms with E-state index in [0.717, 1.165) is 83.3 Å². The number of aromatic hydroxyl groups is 1. The van der Waals surface area contributed by atoms with E-state index in [1.165, 1.54) is 12.8 Å². The number of nitrogens with zero attached hydrogens (tertiary/aromatic N) is 5. The molecule has 2 unspecified atom stereocenters. The molecule has 4 fully saturated rings. The molecule has 8 nitrogen and oxygen atoms in total. The molecule has 8 rings (SSSR count). The fourth-order valence-corrected chi connectivity index (χ4v) is 7.36. The van der Waals surface area contributed by atoms with Gasteiger partial charge in [0.15, 0.2) is 5.82 Å². The monoisotopic (exact) mass is 568 g/mol. The minimum atomic E-state index is -0.712. The zero-order chi connectivity index (χ0) is 28.4. The maximum Gasteiger partial charge on any atom is 0.319 e. The Labute approximate surface area is 244 Å². The van der Waals surface area contributed by atoms with Crippen molar-refractivity contribution in [1.82, 2.24) is 25.2 Å². The van der Waals surface area contributed by atoms with Crippen LogP contribution in [0.4, 0.5) is 10.2 Å². The summed E-state index contributed by atoms with van der Waals surface area (Å²) in [6.07, 6.45) is 6.30. The molecule has 4 aromatic rings. The van der Waals surface area contributed by atoms with E-state index in [2.05, 4.69) is 34.2 Å². The number of piperazine rings is 1. The highest BCUT2D eigenvalue weighted by Crippen LogP contribution is 2.47. The molecule has 3 saturated heterocycles. The minimum absolute atomic E-state index is 0.0504. The van der Waals surface area contributed by atoms with Gasteiger partial charge in [-0.05, 0) is 79.1 Å². The number of ether oxygens (including phenoxy) is 1. The molecule has 5 heterocycles. The van der Waals surface area contributed by atoms with E-state index < -0.39 is 6.17 Å². The Morgan fingerprint density at radius 3 is 2.67 bits per heavy atom. The van der Waals surface area contributed by atoms with E-state index in [-0.39, 0.29) is 11.2 Å². The van der Waals surface area contributed by atoms with E-state index in [0.29, 0.717) is 37.7 Å². The van der Waals surface area contributed by atoms with E-state index in [4.69, 9.17) is 19.7 Å². The molecule has 2 aromatic carbocycles. The lowest BCUT2D eigenvalue weighted by Gasteiger charge is -2.34. The second-order valence-corrected chi connectivity index (χ2v) is 13.0. The Bertz CT molecular complexity index is 1660. The molecule has 2 N–H and O–H groups in total. The molecule has 4 aliphatic rings. The van der Waals surface area contributed by atoms with Gasteiger partial charge in [-0.1, -0.05) is 18.2 Å². The lowest BCUT2D eigenvalue weighted by atomic mass is 9.95. The van der Waals surface area contributed by atoms with Crippen LogP contribution in [0.15, 0.2) is 42.6 Å². The number of rotatable bonds is 7. The molecule has 0 radical (unpaired) electrons. The van der Waals surface area contributed by atoms with Crippen molar-refractivity contribution in [2.45, 2.75) is 57.3 Å². The lowest BCUT2D eigenvalue weighted by molar-refractivity contribution is 0.165. The molecule has 2 aromatic heterocycles. The molecule has 9 heteroatoms. The van der Waals surface area contributed by atoms with Gasteiger partial charge in [0.2, 0.25) is 0 Å². The number of anilines is 1. The van der Waals surface area contributed by atoms with Crippen LogP contribution in [0.1, 0.15) is 37.7 Å². The Morgan fingerprint density at radius 1 is 1.07 bits per heavy atom. The van der Waals surface area contributed by atoms with Gasteiger partial charge in [-0.15, -0.1) is 0 Å². The number of phenolic OH excluding ortho intramolecular Hbond substituents is 1. The van der Waals surface area contributed by atoms with Crippen LogP contribution in [-0.2, 0) is 0 Å². The van der Waals surface area contributed by atoms with Crippen LogP contribution in [0.2, 0.25) is 0 Å². The molecule has 0 spiro atoms. The number of hydrogen-bond donors (Lipinski definition) is 2. The van der Waals surface area contributed by atoms with Gasteiger partial charge in [0, 0.05) is 62.0 Å². The number of alkyl halides is 1. The molecule has 218 valence electrons. The first kappa shape index (κ1) is 26.1. The summed E-state index contributed by atoms with van der Waals surface area (Å²) in [5.74, 6) is 1.04. The Balaban J connectivity index is 1.17. The normalized spacial score (nSPS) is 25.0. The predicted octanol–water partition coefficient (Wildman–Crippen LogP) is 5.00. The van der Waals surface area contributed by atoms with Crippen molar-refractivity contribution in [2.24, 2.45) is 5.41 Å². The Hall–Kier alpha value is -3.56. The van der Waals surface area contributed by atoms with Gasteiger partial charge in [-0.25, -0.2) is 4.39 Å². The number of halogens is 1. The maximum absolute atomic E-state index is 13.8. The van der Waals surface area contributed by atoms with Crippen LogP contribution >= 0.6 is 0 Å². The minimum Gasteiger partial charge on any atom is -0.508 e. The Kier molecular flexibility index (Phi) is 6.23. The summed E-state index contributed by atoms with van der Waals surface area (Å²) in [5, 5.41) is 16.3. The van der Waals surface area contributed by atoms with Crippen LogP contribution < -0.4 is 15.0 Å². The summed E-state index contributed by atoms with van der Waals surface area (Å²) in [7, 11) is 0. The maximum atomic E-state index is 13.8. The topological polar surface area (TPSA) is 86.6 Å². The largest absolute Gasteiger partial charge is 0.508 e. The van der Waals surface area contributed by atoms with Crippen molar-refractivity contribution in [2.75, 3.05) is 44.2 Å². The SMILES string of the molecule is Cc1cccc2cc(O)cc(-c3cnc4c(N5CC6CCC(C5)N6)nc(OCC5(CN6CC[C@@H](F)C6)CC5)nc4c3)c12. The third kappa shape index (κ3) is 4.82. The Morgan fingerprint density at radius 2 is 1.90 bits per heavy atom. The van der Waals surface area contributed by atoms with Gasteiger partial charge in [0.25, 0.3) is 0 Å². The number of aromatic nitrogens is 3. The summed E-state index contributed by atoms with van der Waals surface area (Å²) < 4.78 is 20.2. The number of aryl methyl sites for hydroxylation is 1. The highest BCUT2D eigenvalue weighted by Gasteiger charge is 2.46. The van der Waals surface area contributed by atoms with E-state index >= 15 is 0 Å². The van der Waals surface area contributed by atoms with Gasteiger partial charge in [-0.2, -0.15) is 9.97 Å². The number of pyridine rings is 1. The number of fused-ring (bicyclic) bond motifs is 4. The number of likely N-dealkylation sites (tertiary alicyclic amines) is 1. The lowest BCUT2D eigenvalue weighted by Crippen LogP contribution is -2.51. The fraction of sp³-hybridized carbons (Fsp3) is 0.485. The van der Waals surface area contributed by atoms with Gasteiger partial charge in [0.1, 0.15) is 17.4 Å². The van der Waals surface area contributed by atoms with E-state index in [1.54, 1.807) is 6.07 Å². The third-order valence-corrected chi connectivity index (χ3v) is 9.73. The summed E-state index contributed by atoms with van der Waals surface area (Å²) in [4.78, 5) is 19.4. The molecule has 42 heavy (non-hydrogen) atoms. The number of hydrogen-bond acceptors (Lipinski definition) is 8. The highest BCUT2D eigenvalue weighted by molar-refractivity contribution is 6.01. The summed E-state index contributed by atoms with van der Waals surface area (Å²) in [6.45, 7) is 6.60. The molecular formula is C33H37FN6O2. The quantitative estimate of drug-likeness (QED) is 0.322. The third-order valence-electron chi connectivity index (χ3n) is 9.73. The average molecular weight is 569 g/mol. The molecule has 1 aliphatic carbocycles. The first-order valence-electron chi connectivity index (χ1n) is 15.3. The molecule has 2 bridgehead atoms. The first-order valence-corrected chi connectivity index (χ1v) is 15.3. The standard InChI is InChI=1S/C33H37FN6O2/c1-20-3-2-4-21-11-26(41)13-27(29(20)21)22-12-28-30(35-14-22)31(40-16-24-5-6-25(17-40)36-24)38-32(37-28)42-19-33(8-9-33)18-39-10-7-23(34)15-39/h2-4,11-14,23-25,36,41H,5-10,15-19H2,1H3/t23-,24?,25?/m1/s1. The average Bonchev–Trinajstić information content (AvgIpc) is 3.50. The van der Waals surface area contributed by atoms with Crippen LogP contribution in [0.5, 0.6) is 11.8 Å². The van der Waals surface area contributed by atoms with Crippen molar-refractivity contribution in [1.29, 1.82) is 0 Å². The number of benzene rings is 2. The number of phenols is 1. The first-order chi connectivity index (χ1) is 20.4. The van der Waals surface area contributed by atoms with Gasteiger partial charge in [0.05, 0.1) is 12.1 Å². The second kappa shape index (κ2) is 10.0. The van der Waals surface area contributed by atoms with Gasteiger partial charge < -0.3 is 20.1 Å². The van der Waals surface area contributed by atoms with Crippen LogP contribution in [0, 0.1) is 12.3 Å². The van der Waals surface area contributed by atoms with E-state index in [9.17, 15) is 9.50 Å². The van der Waals surface area contributed by atoms with Crippen molar-refractivity contribution < 1.29 is 14.2 Å². The van der Waals surface area contributed by atoms with Crippen LogP contribution in [-0.4, -0.2) is 82.5 Å². The highest BCUT2D eigenvalue weighted by atomic mass is 19.1. The molecule has 3 atom stereocenters. The van der Waals surface area contributed by atoms with Crippen LogP contribution in [0.3, 0.4) is 0 Å². The smallest absolute Gasteiger partial charge is 0.319 e. The fourth-order valence-electron chi connectivity index (χ4n) is 7.36. The van der Waals surface area contributed by atoms with Crippen LogP contribution in [0.25, 0.3) is 32.9 Å². The van der Waals surface area contributed by atoms with Gasteiger partial charge in [-0.3, -0.25) is 9.88 Å². The zero-order valence-electron chi connectivity index (χ0n) is 24.0. The number of nitrogens with one attached hydrogen (secondary N) is 1. The summed E-state index contributed by atoms with van der Waals surface area (Å²) in [6, 6.07) is 13.1. The molecule has 1 saturated carbocycles. The summed E-state index contributed by atoms with van der Waals surface area (Å²) in [5.41, 5.74) is 4.50. The van der Waals surface area contributed by atoms with Crippen molar-refractivity contribution in [3.05, 3.63) is 48.2 Å². The second-order valence-electron chi connectivity index (χ2n) is 13.0. The predicted molar refractivity (Wildman–Crippen MR) is 162 cm³/mol. The van der Waals surface area contributed by atoms with Gasteiger partial charge >= 0.3 is 6.01 Å². The molecule has 0 amide bonds.